The summed E-state index contributed by atoms with van der Waals surface area (Å²) < 4.78 is 21.9. The van der Waals surface area contributed by atoms with Crippen molar-refractivity contribution in [2.24, 2.45) is 0 Å². The first-order chi connectivity index (χ1) is 6.18. The maximum atomic E-state index is 11.8. The quantitative estimate of drug-likeness (QED) is 0.493. The van der Waals surface area contributed by atoms with Crippen LogP contribution in [0.15, 0.2) is 17.9 Å². The molecule has 0 saturated carbocycles. The van der Waals surface area contributed by atoms with E-state index in [1.807, 2.05) is 6.92 Å². The Morgan fingerprint density at radius 3 is 2.23 bits per heavy atom. The number of rotatable bonds is 6. The SMILES string of the molecule is CC=C=CCP(=O)(OCC)OCC. The first kappa shape index (κ1) is 12.7. The first-order valence-electron chi connectivity index (χ1n) is 4.42. The van der Waals surface area contributed by atoms with Crippen molar-refractivity contribution in [3.05, 3.63) is 17.9 Å². The molecule has 0 radical (unpaired) electrons. The molecule has 4 heteroatoms. The molecule has 0 aliphatic rings. The van der Waals surface area contributed by atoms with Crippen LogP contribution in [0.5, 0.6) is 0 Å². The summed E-state index contributed by atoms with van der Waals surface area (Å²) >= 11 is 0. The molecule has 0 aromatic rings. The molecule has 0 aliphatic heterocycles. The van der Waals surface area contributed by atoms with E-state index >= 15 is 0 Å². The molecule has 0 rings (SSSR count). The molecule has 76 valence electrons. The van der Waals surface area contributed by atoms with Gasteiger partial charge in [-0.1, -0.05) is 0 Å². The lowest BCUT2D eigenvalue weighted by molar-refractivity contribution is 0.222. The molecule has 0 aromatic heterocycles. The molecule has 0 fully saturated rings. The fourth-order valence-electron chi connectivity index (χ4n) is 0.818. The van der Waals surface area contributed by atoms with Crippen molar-refractivity contribution in [2.45, 2.75) is 20.8 Å². The lowest BCUT2D eigenvalue weighted by Gasteiger charge is -2.14. The zero-order chi connectivity index (χ0) is 10.2. The second-order valence-corrected chi connectivity index (χ2v) is 4.39. The summed E-state index contributed by atoms with van der Waals surface area (Å²) in [5, 5.41) is 0. The average Bonchev–Trinajstić information content (AvgIpc) is 2.05. The minimum absolute atomic E-state index is 0.291. The van der Waals surface area contributed by atoms with E-state index in [9.17, 15) is 4.57 Å². The Morgan fingerprint density at radius 2 is 1.85 bits per heavy atom. The maximum absolute atomic E-state index is 11.8. The van der Waals surface area contributed by atoms with Crippen molar-refractivity contribution >= 4 is 7.60 Å². The summed E-state index contributed by atoms with van der Waals surface area (Å²) in [4.78, 5) is 0. The zero-order valence-electron chi connectivity index (χ0n) is 8.45. The first-order valence-corrected chi connectivity index (χ1v) is 6.15. The molecule has 13 heavy (non-hydrogen) atoms. The smallest absolute Gasteiger partial charge is 0.309 e. The van der Waals surface area contributed by atoms with Gasteiger partial charge in [-0.25, -0.2) is 0 Å². The van der Waals surface area contributed by atoms with Gasteiger partial charge in [0, 0.05) is 0 Å². The fourth-order valence-corrected chi connectivity index (χ4v) is 2.22. The zero-order valence-corrected chi connectivity index (χ0v) is 9.34. The Bertz CT molecular complexity index is 219. The van der Waals surface area contributed by atoms with Gasteiger partial charge in [0.2, 0.25) is 0 Å². The molecule has 0 atom stereocenters. The summed E-state index contributed by atoms with van der Waals surface area (Å²) in [5.74, 6) is 0. The lowest BCUT2D eigenvalue weighted by Crippen LogP contribution is -1.97. The van der Waals surface area contributed by atoms with Crippen LogP contribution in [0.1, 0.15) is 20.8 Å². The third kappa shape index (κ3) is 5.84. The van der Waals surface area contributed by atoms with Gasteiger partial charge in [0.25, 0.3) is 0 Å². The molecule has 0 aliphatic carbocycles. The molecule has 0 amide bonds. The lowest BCUT2D eigenvalue weighted by atomic mass is 10.6. The highest BCUT2D eigenvalue weighted by atomic mass is 31.2. The standard InChI is InChI=1S/C9H17O3P/c1-4-7-8-9-13(10,11-5-2)12-6-3/h4,8H,5-6,9H2,1-3H3. The van der Waals surface area contributed by atoms with Gasteiger partial charge in [-0.3, -0.25) is 4.57 Å². The Hall–Kier alpha value is -0.330. The van der Waals surface area contributed by atoms with E-state index in [4.69, 9.17) is 9.05 Å². The van der Waals surface area contributed by atoms with Crippen LogP contribution in [0.2, 0.25) is 0 Å². The third-order valence-corrected chi connectivity index (χ3v) is 3.18. The minimum atomic E-state index is -2.89. The Kier molecular flexibility index (Phi) is 6.93. The molecule has 0 N–H and O–H groups in total. The second-order valence-electron chi connectivity index (χ2n) is 2.29. The Morgan fingerprint density at radius 1 is 1.31 bits per heavy atom. The molecule has 0 heterocycles. The van der Waals surface area contributed by atoms with Gasteiger partial charge in [-0.15, -0.1) is 5.73 Å². The molecule has 0 saturated heterocycles. The van der Waals surface area contributed by atoms with Crippen molar-refractivity contribution in [1.82, 2.24) is 0 Å². The van der Waals surface area contributed by atoms with Gasteiger partial charge < -0.3 is 9.05 Å². The van der Waals surface area contributed by atoms with Gasteiger partial charge >= 0.3 is 7.60 Å². The van der Waals surface area contributed by atoms with Gasteiger partial charge in [0.15, 0.2) is 0 Å². The second kappa shape index (κ2) is 7.11. The highest BCUT2D eigenvalue weighted by Crippen LogP contribution is 2.47. The summed E-state index contributed by atoms with van der Waals surface area (Å²) in [6.45, 7) is 6.25. The van der Waals surface area contributed by atoms with Gasteiger partial charge in [0.1, 0.15) is 0 Å². The van der Waals surface area contributed by atoms with E-state index in [1.165, 1.54) is 0 Å². The molecular formula is C9H17O3P. The normalized spacial score (nSPS) is 10.7. The molecule has 3 nitrogen and oxygen atoms in total. The largest absolute Gasteiger partial charge is 0.335 e. The number of hydrogen-bond acceptors (Lipinski definition) is 3. The van der Waals surface area contributed by atoms with Crippen molar-refractivity contribution in [2.75, 3.05) is 19.4 Å². The third-order valence-electron chi connectivity index (χ3n) is 1.25. The fraction of sp³-hybridized carbons (Fsp3) is 0.667. The average molecular weight is 204 g/mol. The number of allylic oxidation sites excluding steroid dienone is 1. The van der Waals surface area contributed by atoms with E-state index in [0.717, 1.165) is 0 Å². The maximum Gasteiger partial charge on any atom is 0.335 e. The molecule has 0 spiro atoms. The van der Waals surface area contributed by atoms with E-state index in [-0.39, 0.29) is 0 Å². The van der Waals surface area contributed by atoms with E-state index in [0.29, 0.717) is 19.4 Å². The van der Waals surface area contributed by atoms with Gasteiger partial charge in [-0.2, -0.15) is 0 Å². The van der Waals surface area contributed by atoms with Crippen molar-refractivity contribution in [3.63, 3.8) is 0 Å². The van der Waals surface area contributed by atoms with Crippen LogP contribution in [0.4, 0.5) is 0 Å². The minimum Gasteiger partial charge on any atom is -0.309 e. The molecule has 0 aromatic carbocycles. The molecule has 0 unspecified atom stereocenters. The van der Waals surface area contributed by atoms with Gasteiger partial charge in [0.05, 0.1) is 19.4 Å². The van der Waals surface area contributed by atoms with E-state index in [2.05, 4.69) is 5.73 Å². The monoisotopic (exact) mass is 204 g/mol. The van der Waals surface area contributed by atoms with Crippen LogP contribution < -0.4 is 0 Å². The van der Waals surface area contributed by atoms with Crippen molar-refractivity contribution in [3.8, 4) is 0 Å². The van der Waals surface area contributed by atoms with E-state index < -0.39 is 7.60 Å². The van der Waals surface area contributed by atoms with Crippen molar-refractivity contribution in [1.29, 1.82) is 0 Å². The van der Waals surface area contributed by atoms with Crippen LogP contribution in [0.25, 0.3) is 0 Å². The Balaban J connectivity index is 4.23. The predicted molar refractivity (Wildman–Crippen MR) is 54.1 cm³/mol. The van der Waals surface area contributed by atoms with Crippen LogP contribution in [-0.2, 0) is 13.6 Å². The topological polar surface area (TPSA) is 35.5 Å². The van der Waals surface area contributed by atoms with Crippen LogP contribution in [0.3, 0.4) is 0 Å². The van der Waals surface area contributed by atoms with Crippen molar-refractivity contribution < 1.29 is 13.6 Å². The summed E-state index contributed by atoms with van der Waals surface area (Å²) in [6, 6.07) is 0. The molecular weight excluding hydrogens is 187 g/mol. The number of hydrogen-bond donors (Lipinski definition) is 0. The Labute approximate surface area is 80.0 Å². The molecule has 0 bridgehead atoms. The van der Waals surface area contributed by atoms with Crippen LogP contribution in [0, 0.1) is 0 Å². The van der Waals surface area contributed by atoms with Crippen LogP contribution in [-0.4, -0.2) is 19.4 Å². The summed E-state index contributed by atoms with van der Waals surface area (Å²) in [7, 11) is -2.89. The van der Waals surface area contributed by atoms with Gasteiger partial charge in [-0.05, 0) is 32.9 Å². The highest BCUT2D eigenvalue weighted by Gasteiger charge is 2.20. The highest BCUT2D eigenvalue weighted by molar-refractivity contribution is 7.54. The van der Waals surface area contributed by atoms with E-state index in [1.54, 1.807) is 26.0 Å². The predicted octanol–water partition coefficient (Wildman–Crippen LogP) is 2.98. The summed E-state index contributed by atoms with van der Waals surface area (Å²) in [5.41, 5.74) is 2.84. The summed E-state index contributed by atoms with van der Waals surface area (Å²) in [6.07, 6.45) is 3.72. The van der Waals surface area contributed by atoms with Crippen LogP contribution >= 0.6 is 7.60 Å².